The van der Waals surface area contributed by atoms with Crippen LogP contribution in [-0.2, 0) is 6.42 Å². The van der Waals surface area contributed by atoms with E-state index in [0.717, 1.165) is 0 Å². The van der Waals surface area contributed by atoms with Gasteiger partial charge in [0.05, 0.1) is 35.6 Å². The van der Waals surface area contributed by atoms with Crippen molar-refractivity contribution in [2.24, 2.45) is 0 Å². The Morgan fingerprint density at radius 2 is 2.33 bits per heavy atom. The molecule has 0 radical (unpaired) electrons. The number of benzene rings is 1. The summed E-state index contributed by atoms with van der Waals surface area (Å²) in [5.74, 6) is 0.205. The van der Waals surface area contributed by atoms with Crippen LogP contribution in [0.15, 0.2) is 12.1 Å². The second kappa shape index (κ2) is 4.62. The molecule has 0 atom stereocenters. The van der Waals surface area contributed by atoms with Gasteiger partial charge in [0.1, 0.15) is 5.75 Å². The molecule has 5 nitrogen and oxygen atoms in total. The zero-order valence-corrected chi connectivity index (χ0v) is 8.61. The smallest absolute Gasteiger partial charge is 0.273 e. The van der Waals surface area contributed by atoms with Crippen LogP contribution in [0.25, 0.3) is 0 Å². The van der Waals surface area contributed by atoms with Gasteiger partial charge in [-0.2, -0.15) is 5.26 Å². The number of nitrogens with zero attached hydrogens (tertiary/aromatic N) is 2. The summed E-state index contributed by atoms with van der Waals surface area (Å²) in [6, 6.07) is 4.38. The van der Waals surface area contributed by atoms with Gasteiger partial charge in [-0.3, -0.25) is 10.1 Å². The molecule has 0 spiro atoms. The first kappa shape index (κ1) is 11.3. The number of halogens is 1. The lowest BCUT2D eigenvalue weighted by Crippen LogP contribution is -1.95. The summed E-state index contributed by atoms with van der Waals surface area (Å²) < 4.78 is 4.88. The number of methoxy groups -OCH3 is 1. The minimum atomic E-state index is -0.556. The summed E-state index contributed by atoms with van der Waals surface area (Å²) in [6.07, 6.45) is 0.0108. The van der Waals surface area contributed by atoms with Gasteiger partial charge >= 0.3 is 0 Å². The normalized spacial score (nSPS) is 9.40. The Bertz CT molecular complexity index is 440. The van der Waals surface area contributed by atoms with Crippen LogP contribution in [0.4, 0.5) is 5.69 Å². The number of hydrogen-bond donors (Lipinski definition) is 0. The Balaban J connectivity index is 3.32. The van der Waals surface area contributed by atoms with E-state index in [2.05, 4.69) is 0 Å². The summed E-state index contributed by atoms with van der Waals surface area (Å²) >= 11 is 5.87. The maximum absolute atomic E-state index is 10.6. The highest BCUT2D eigenvalue weighted by Crippen LogP contribution is 2.32. The fourth-order valence-electron chi connectivity index (χ4n) is 1.11. The molecule has 78 valence electrons. The van der Waals surface area contributed by atoms with Crippen molar-refractivity contribution < 1.29 is 9.66 Å². The number of nitriles is 1. The standard InChI is InChI=1S/C9H7ClN2O3/c1-15-8-5-7(12(13)14)4-6(2-3-11)9(8)10/h4-5H,2H2,1H3. The van der Waals surface area contributed by atoms with Gasteiger partial charge in [0.15, 0.2) is 0 Å². The van der Waals surface area contributed by atoms with Gasteiger partial charge in [-0.05, 0) is 5.56 Å². The minimum absolute atomic E-state index is 0.0108. The van der Waals surface area contributed by atoms with Crippen LogP contribution >= 0.6 is 11.6 Å². The Morgan fingerprint density at radius 3 is 2.80 bits per heavy atom. The number of nitro groups is 1. The molecular formula is C9H7ClN2O3. The number of non-ortho nitro benzene ring substituents is 1. The molecule has 0 aliphatic rings. The van der Waals surface area contributed by atoms with Gasteiger partial charge in [-0.1, -0.05) is 11.6 Å². The zero-order valence-electron chi connectivity index (χ0n) is 7.86. The van der Waals surface area contributed by atoms with Crippen molar-refractivity contribution in [1.29, 1.82) is 5.26 Å². The molecule has 0 bridgehead atoms. The molecule has 0 aliphatic carbocycles. The first-order chi connectivity index (χ1) is 7.10. The van der Waals surface area contributed by atoms with Gasteiger partial charge in [0.25, 0.3) is 5.69 Å². The Morgan fingerprint density at radius 1 is 1.67 bits per heavy atom. The van der Waals surface area contributed by atoms with E-state index in [4.69, 9.17) is 21.6 Å². The Labute approximate surface area is 91.0 Å². The molecule has 15 heavy (non-hydrogen) atoms. The quantitative estimate of drug-likeness (QED) is 0.585. The summed E-state index contributed by atoms with van der Waals surface area (Å²) in [5, 5.41) is 19.3. The van der Waals surface area contributed by atoms with E-state index in [1.165, 1.54) is 19.2 Å². The molecule has 1 aromatic carbocycles. The number of rotatable bonds is 3. The van der Waals surface area contributed by atoms with E-state index in [9.17, 15) is 10.1 Å². The van der Waals surface area contributed by atoms with Crippen LogP contribution in [-0.4, -0.2) is 12.0 Å². The lowest BCUT2D eigenvalue weighted by molar-refractivity contribution is -0.385. The first-order valence-electron chi connectivity index (χ1n) is 3.98. The van der Waals surface area contributed by atoms with Crippen LogP contribution in [0.2, 0.25) is 5.02 Å². The molecule has 0 amide bonds. The van der Waals surface area contributed by atoms with Crippen LogP contribution in [0.1, 0.15) is 5.56 Å². The molecule has 0 saturated carbocycles. The van der Waals surface area contributed by atoms with Gasteiger partial charge < -0.3 is 4.74 Å². The summed E-state index contributed by atoms with van der Waals surface area (Å²) in [7, 11) is 1.36. The van der Waals surface area contributed by atoms with E-state index in [1.54, 1.807) is 0 Å². The minimum Gasteiger partial charge on any atom is -0.495 e. The van der Waals surface area contributed by atoms with Gasteiger partial charge in [-0.15, -0.1) is 0 Å². The van der Waals surface area contributed by atoms with Crippen molar-refractivity contribution in [3.63, 3.8) is 0 Å². The second-order valence-electron chi connectivity index (χ2n) is 2.71. The lowest BCUT2D eigenvalue weighted by Gasteiger charge is -2.06. The summed E-state index contributed by atoms with van der Waals surface area (Å²) in [5.41, 5.74) is 0.256. The largest absolute Gasteiger partial charge is 0.495 e. The van der Waals surface area contributed by atoms with Crippen molar-refractivity contribution >= 4 is 17.3 Å². The van der Waals surface area contributed by atoms with E-state index >= 15 is 0 Å². The van der Waals surface area contributed by atoms with Gasteiger partial charge in [-0.25, -0.2) is 0 Å². The highest BCUT2D eigenvalue weighted by Gasteiger charge is 2.15. The Hall–Kier alpha value is -1.80. The van der Waals surface area contributed by atoms with Crippen LogP contribution in [0.5, 0.6) is 5.75 Å². The van der Waals surface area contributed by atoms with Crippen LogP contribution < -0.4 is 4.74 Å². The van der Waals surface area contributed by atoms with Crippen molar-refractivity contribution in [3.05, 3.63) is 32.8 Å². The van der Waals surface area contributed by atoms with Gasteiger partial charge in [0.2, 0.25) is 0 Å². The lowest BCUT2D eigenvalue weighted by atomic mass is 10.1. The number of hydrogen-bond acceptors (Lipinski definition) is 4. The van der Waals surface area contributed by atoms with E-state index < -0.39 is 4.92 Å². The molecule has 6 heteroatoms. The number of ether oxygens (including phenoxy) is 1. The predicted molar refractivity (Wildman–Crippen MR) is 54.0 cm³/mol. The maximum Gasteiger partial charge on any atom is 0.273 e. The van der Waals surface area contributed by atoms with Gasteiger partial charge in [0, 0.05) is 6.07 Å². The van der Waals surface area contributed by atoms with Crippen LogP contribution in [0, 0.1) is 21.4 Å². The predicted octanol–water partition coefficient (Wildman–Crippen LogP) is 2.32. The fraction of sp³-hybridized carbons (Fsp3) is 0.222. The van der Waals surface area contributed by atoms with E-state index in [1.807, 2.05) is 6.07 Å². The van der Waals surface area contributed by atoms with Crippen molar-refractivity contribution in [1.82, 2.24) is 0 Å². The molecule has 0 N–H and O–H groups in total. The molecule has 0 aromatic heterocycles. The average molecular weight is 227 g/mol. The SMILES string of the molecule is COc1cc([N+](=O)[O-])cc(CC#N)c1Cl. The summed E-state index contributed by atoms with van der Waals surface area (Å²) in [6.45, 7) is 0. The fourth-order valence-corrected chi connectivity index (χ4v) is 1.36. The molecule has 1 aromatic rings. The van der Waals surface area contributed by atoms with Crippen molar-refractivity contribution in [3.8, 4) is 11.8 Å². The maximum atomic E-state index is 10.6. The topological polar surface area (TPSA) is 76.2 Å². The highest BCUT2D eigenvalue weighted by molar-refractivity contribution is 6.33. The monoisotopic (exact) mass is 226 g/mol. The molecule has 0 unspecified atom stereocenters. The summed E-state index contributed by atoms with van der Waals surface area (Å²) in [4.78, 5) is 10.0. The highest BCUT2D eigenvalue weighted by atomic mass is 35.5. The zero-order chi connectivity index (χ0) is 11.4. The third kappa shape index (κ3) is 2.36. The molecular weight excluding hydrogens is 220 g/mol. The molecule has 0 fully saturated rings. The average Bonchev–Trinajstić information content (AvgIpc) is 2.21. The molecule has 0 saturated heterocycles. The van der Waals surface area contributed by atoms with Crippen molar-refractivity contribution in [2.75, 3.05) is 7.11 Å². The molecule has 1 rings (SSSR count). The van der Waals surface area contributed by atoms with Crippen molar-refractivity contribution in [2.45, 2.75) is 6.42 Å². The van der Waals surface area contributed by atoms with Crippen LogP contribution in [0.3, 0.4) is 0 Å². The van der Waals surface area contributed by atoms with E-state index in [-0.39, 0.29) is 22.9 Å². The number of nitro benzene ring substituents is 1. The van der Waals surface area contributed by atoms with E-state index in [0.29, 0.717) is 5.56 Å². The molecule has 0 aliphatic heterocycles. The first-order valence-corrected chi connectivity index (χ1v) is 4.35. The Kier molecular flexibility index (Phi) is 3.47. The third-order valence-electron chi connectivity index (χ3n) is 1.80. The third-order valence-corrected chi connectivity index (χ3v) is 2.23. The molecule has 0 heterocycles. The second-order valence-corrected chi connectivity index (χ2v) is 3.09.